The van der Waals surface area contributed by atoms with Crippen LogP contribution in [0, 0.1) is 29.9 Å². The summed E-state index contributed by atoms with van der Waals surface area (Å²) in [6, 6.07) is 13.1. The van der Waals surface area contributed by atoms with Gasteiger partial charge < -0.3 is 14.6 Å². The van der Waals surface area contributed by atoms with E-state index in [9.17, 15) is 13.6 Å². The van der Waals surface area contributed by atoms with Gasteiger partial charge in [-0.05, 0) is 49.4 Å². The molecule has 3 aromatic rings. The predicted octanol–water partition coefficient (Wildman–Crippen LogP) is 4.82. The molecule has 28 heavy (non-hydrogen) atoms. The molecule has 1 aromatic heterocycles. The van der Waals surface area contributed by atoms with Crippen LogP contribution in [0.4, 0.5) is 8.78 Å². The maximum Gasteiger partial charge on any atom is 0.335 e. The number of carbonyl (C=O) groups is 1. The zero-order valence-electron chi connectivity index (χ0n) is 14.4. The number of benzene rings is 2. The number of aromatic carboxylic acids is 1. The number of rotatable bonds is 5. The van der Waals surface area contributed by atoms with Gasteiger partial charge in [-0.2, -0.15) is 10.2 Å². The molecule has 0 bridgehead atoms. The number of carboxylic acid groups (broad SMARTS) is 1. The van der Waals surface area contributed by atoms with E-state index in [1.165, 1.54) is 43.3 Å². The van der Waals surface area contributed by atoms with E-state index in [1.807, 2.05) is 6.07 Å². The van der Waals surface area contributed by atoms with Gasteiger partial charge in [0, 0.05) is 5.56 Å². The Bertz CT molecular complexity index is 1090. The van der Waals surface area contributed by atoms with Crippen molar-refractivity contribution in [1.82, 2.24) is 4.98 Å². The Morgan fingerprint density at radius 3 is 2.21 bits per heavy atom. The second-order valence-electron chi connectivity index (χ2n) is 5.65. The number of aromatic nitrogens is 1. The molecule has 0 radical (unpaired) electrons. The van der Waals surface area contributed by atoms with Gasteiger partial charge in [0.25, 0.3) is 11.8 Å². The van der Waals surface area contributed by atoms with E-state index in [4.69, 9.17) is 19.8 Å². The molecule has 0 unspecified atom stereocenters. The van der Waals surface area contributed by atoms with Crippen molar-refractivity contribution in [2.75, 3.05) is 0 Å². The Labute approximate surface area is 158 Å². The highest BCUT2D eigenvalue weighted by atomic mass is 19.1. The molecule has 0 atom stereocenters. The van der Waals surface area contributed by atoms with Crippen LogP contribution in [0.25, 0.3) is 0 Å². The summed E-state index contributed by atoms with van der Waals surface area (Å²) in [5.74, 6) is -3.94. The first kappa shape index (κ1) is 18.8. The van der Waals surface area contributed by atoms with Gasteiger partial charge in [-0.3, -0.25) is 0 Å². The fourth-order valence-electron chi connectivity index (χ4n) is 2.26. The molecule has 2 aromatic carbocycles. The van der Waals surface area contributed by atoms with E-state index in [0.717, 1.165) is 0 Å². The SMILES string of the molecule is Cc1c(F)c(Oc2ccc(C(=O)O)cc2)nc(Oc2cccc(C#N)c2)c1F. The lowest BCUT2D eigenvalue weighted by molar-refractivity contribution is 0.0697. The molecule has 0 aliphatic heterocycles. The number of ether oxygens (including phenoxy) is 2. The lowest BCUT2D eigenvalue weighted by Crippen LogP contribution is -2.02. The summed E-state index contributed by atoms with van der Waals surface area (Å²) in [5.41, 5.74) is -0.0391. The summed E-state index contributed by atoms with van der Waals surface area (Å²) < 4.78 is 39.4. The lowest BCUT2D eigenvalue weighted by atomic mass is 10.2. The fourth-order valence-corrected chi connectivity index (χ4v) is 2.26. The van der Waals surface area contributed by atoms with Gasteiger partial charge in [-0.25, -0.2) is 13.6 Å². The van der Waals surface area contributed by atoms with Gasteiger partial charge in [0.05, 0.1) is 17.2 Å². The molecule has 3 rings (SSSR count). The molecule has 0 amide bonds. The maximum absolute atomic E-state index is 14.4. The van der Waals surface area contributed by atoms with E-state index >= 15 is 0 Å². The van der Waals surface area contributed by atoms with Crippen LogP contribution in [0.15, 0.2) is 48.5 Å². The summed E-state index contributed by atoms with van der Waals surface area (Å²) in [6.07, 6.45) is 0. The van der Waals surface area contributed by atoms with E-state index in [1.54, 1.807) is 12.1 Å². The number of hydrogen-bond acceptors (Lipinski definition) is 5. The second-order valence-corrected chi connectivity index (χ2v) is 5.65. The van der Waals surface area contributed by atoms with Crippen molar-refractivity contribution < 1.29 is 28.2 Å². The van der Waals surface area contributed by atoms with Crippen molar-refractivity contribution in [3.05, 3.63) is 76.9 Å². The van der Waals surface area contributed by atoms with E-state index in [0.29, 0.717) is 5.56 Å². The molecule has 0 aliphatic rings. The highest BCUT2D eigenvalue weighted by Crippen LogP contribution is 2.32. The van der Waals surface area contributed by atoms with Gasteiger partial charge in [-0.1, -0.05) is 6.07 Å². The van der Waals surface area contributed by atoms with Crippen molar-refractivity contribution in [3.63, 3.8) is 0 Å². The van der Waals surface area contributed by atoms with Crippen LogP contribution in [0.3, 0.4) is 0 Å². The molecule has 1 N–H and O–H groups in total. The third-order valence-corrected chi connectivity index (χ3v) is 3.73. The number of nitrogens with zero attached hydrogens (tertiary/aromatic N) is 2. The van der Waals surface area contributed by atoms with Crippen LogP contribution in [-0.4, -0.2) is 16.1 Å². The third-order valence-electron chi connectivity index (χ3n) is 3.73. The molecule has 6 nitrogen and oxygen atoms in total. The molecule has 1 heterocycles. The van der Waals surface area contributed by atoms with Crippen LogP contribution >= 0.6 is 0 Å². The number of carboxylic acids is 1. The summed E-state index contributed by atoms with van der Waals surface area (Å²) in [6.45, 7) is 1.20. The van der Waals surface area contributed by atoms with Crippen LogP contribution < -0.4 is 9.47 Å². The standard InChI is InChI=1S/C20H12F2N2O4/c1-11-16(21)18(27-14-7-5-13(6-8-14)20(25)26)24-19(17(11)22)28-15-4-2-3-12(9-15)10-23/h2-9H,1H3,(H,25,26). The molecule has 0 spiro atoms. The monoisotopic (exact) mass is 382 g/mol. The van der Waals surface area contributed by atoms with Crippen LogP contribution in [0.2, 0.25) is 0 Å². The number of nitriles is 1. The predicted molar refractivity (Wildman–Crippen MR) is 93.6 cm³/mol. The zero-order chi connectivity index (χ0) is 20.3. The Kier molecular flexibility index (Phi) is 5.18. The van der Waals surface area contributed by atoms with Gasteiger partial charge >= 0.3 is 5.97 Å². The Hall–Kier alpha value is -3.99. The Morgan fingerprint density at radius 2 is 1.64 bits per heavy atom. The van der Waals surface area contributed by atoms with Crippen LogP contribution in [0.5, 0.6) is 23.3 Å². The Morgan fingerprint density at radius 1 is 1.04 bits per heavy atom. The number of halogens is 2. The average Bonchev–Trinajstić information content (AvgIpc) is 2.70. The summed E-state index contributed by atoms with van der Waals surface area (Å²) >= 11 is 0. The minimum atomic E-state index is -1.12. The quantitative estimate of drug-likeness (QED) is 0.680. The van der Waals surface area contributed by atoms with Gasteiger partial charge in [0.15, 0.2) is 11.6 Å². The van der Waals surface area contributed by atoms with E-state index < -0.39 is 29.4 Å². The van der Waals surface area contributed by atoms with Gasteiger partial charge in [0.2, 0.25) is 0 Å². The number of hydrogen-bond donors (Lipinski definition) is 1. The molecule has 140 valence electrons. The van der Waals surface area contributed by atoms with Crippen molar-refractivity contribution in [3.8, 4) is 29.3 Å². The smallest absolute Gasteiger partial charge is 0.335 e. The zero-order valence-corrected chi connectivity index (χ0v) is 14.4. The van der Waals surface area contributed by atoms with Crippen LogP contribution in [0.1, 0.15) is 21.5 Å². The average molecular weight is 382 g/mol. The highest BCUT2D eigenvalue weighted by Gasteiger charge is 2.21. The molecule has 8 heteroatoms. The lowest BCUT2D eigenvalue weighted by Gasteiger charge is -2.12. The molecule has 0 saturated heterocycles. The van der Waals surface area contributed by atoms with Crippen molar-refractivity contribution in [2.45, 2.75) is 6.92 Å². The third kappa shape index (κ3) is 3.88. The molecule has 0 aliphatic carbocycles. The minimum Gasteiger partial charge on any atom is -0.478 e. The maximum atomic E-state index is 14.4. The molecule has 0 saturated carbocycles. The Balaban J connectivity index is 1.93. The molecular formula is C20H12F2N2O4. The van der Waals surface area contributed by atoms with Gasteiger partial charge in [-0.15, -0.1) is 0 Å². The molecule has 0 fully saturated rings. The first-order valence-electron chi connectivity index (χ1n) is 7.94. The topological polar surface area (TPSA) is 92.4 Å². The van der Waals surface area contributed by atoms with Crippen molar-refractivity contribution in [2.24, 2.45) is 0 Å². The van der Waals surface area contributed by atoms with Gasteiger partial charge in [0.1, 0.15) is 11.5 Å². The first-order chi connectivity index (χ1) is 13.4. The van der Waals surface area contributed by atoms with Crippen LogP contribution in [-0.2, 0) is 0 Å². The first-order valence-corrected chi connectivity index (χ1v) is 7.94. The number of pyridine rings is 1. The minimum absolute atomic E-state index is 0.0254. The second kappa shape index (κ2) is 7.72. The fraction of sp³-hybridized carbons (Fsp3) is 0.0500. The van der Waals surface area contributed by atoms with E-state index in [2.05, 4.69) is 4.98 Å². The van der Waals surface area contributed by atoms with E-state index in [-0.39, 0.29) is 22.6 Å². The summed E-state index contributed by atoms with van der Waals surface area (Å²) in [7, 11) is 0. The van der Waals surface area contributed by atoms with Crippen molar-refractivity contribution in [1.29, 1.82) is 5.26 Å². The largest absolute Gasteiger partial charge is 0.478 e. The van der Waals surface area contributed by atoms with Crippen molar-refractivity contribution >= 4 is 5.97 Å². The normalized spacial score (nSPS) is 10.2. The summed E-state index contributed by atoms with van der Waals surface area (Å²) in [5, 5.41) is 17.8. The highest BCUT2D eigenvalue weighted by molar-refractivity contribution is 5.87. The molecular weight excluding hydrogens is 370 g/mol. The summed E-state index contributed by atoms with van der Waals surface area (Å²) in [4.78, 5) is 14.6.